The molecule has 83 heavy (non-hydrogen) atoms. The highest BCUT2D eigenvalue weighted by Crippen LogP contribution is 2.37. The predicted octanol–water partition coefficient (Wildman–Crippen LogP) is 11.9. The van der Waals surface area contributed by atoms with Gasteiger partial charge in [0.05, 0.1) is 19.1 Å². The zero-order chi connectivity index (χ0) is 59.1. The minimum atomic E-state index is -3.41. The Morgan fingerprint density at radius 3 is 1.35 bits per heavy atom. The summed E-state index contributed by atoms with van der Waals surface area (Å²) in [7, 11) is -6.68. The molecule has 8 aromatic rings. The van der Waals surface area contributed by atoms with Crippen molar-refractivity contribution in [2.75, 3.05) is 72.4 Å². The fraction of sp³-hybridized carbons (Fsp3) is 0.224. The van der Waals surface area contributed by atoms with E-state index < -0.39 is 38.3 Å². The molecule has 440 valence electrons. The number of nitrogens with two attached hydrogens (primary N) is 3. The van der Waals surface area contributed by atoms with Gasteiger partial charge in [0.15, 0.2) is 10.3 Å². The van der Waals surface area contributed by atoms with Gasteiger partial charge in [0.25, 0.3) is 0 Å². The minimum absolute atomic E-state index is 0. The Balaban J connectivity index is 0.000000256. The number of ether oxygens (including phenoxy) is 2. The van der Waals surface area contributed by atoms with Crippen LogP contribution in [0.4, 0.5) is 36.0 Å². The molecule has 8 rings (SSSR count). The Morgan fingerprint density at radius 2 is 0.952 bits per heavy atom. The average Bonchev–Trinajstić information content (AvgIpc) is 4.13. The lowest BCUT2D eigenvalue weighted by molar-refractivity contribution is 0.139. The highest BCUT2D eigenvalue weighted by Gasteiger charge is 2.22. The quantitative estimate of drug-likeness (QED) is 0.0294. The summed E-state index contributed by atoms with van der Waals surface area (Å²) >= 11 is 14.7. The summed E-state index contributed by atoms with van der Waals surface area (Å²) in [5, 5.41) is 6.76. The lowest BCUT2D eigenvalue weighted by Crippen LogP contribution is -2.39. The van der Waals surface area contributed by atoms with Crippen LogP contribution in [0, 0.1) is 0 Å². The number of thiazole rings is 2. The van der Waals surface area contributed by atoms with Crippen LogP contribution in [0.25, 0.3) is 22.5 Å². The summed E-state index contributed by atoms with van der Waals surface area (Å²) < 4.78 is 60.3. The van der Waals surface area contributed by atoms with Gasteiger partial charge in [-0.25, -0.2) is 41.2 Å². The third-order valence-electron chi connectivity index (χ3n) is 11.8. The maximum atomic E-state index is 13.4. The smallest absolute Gasteiger partial charge is 0.404 e. The second kappa shape index (κ2) is 32.8. The highest BCUT2D eigenvalue weighted by molar-refractivity contribution is 7.92. The van der Waals surface area contributed by atoms with Gasteiger partial charge in [0.1, 0.15) is 33.3 Å². The van der Waals surface area contributed by atoms with Crippen molar-refractivity contribution in [3.05, 3.63) is 201 Å². The van der Waals surface area contributed by atoms with Gasteiger partial charge in [-0.05, 0) is 65.9 Å². The van der Waals surface area contributed by atoms with Crippen molar-refractivity contribution in [3.63, 3.8) is 0 Å². The van der Waals surface area contributed by atoms with Crippen LogP contribution in [-0.2, 0) is 29.5 Å². The zero-order valence-corrected chi connectivity index (χ0v) is 49.4. The molecule has 0 radical (unpaired) electrons. The van der Waals surface area contributed by atoms with Crippen LogP contribution in [0.15, 0.2) is 170 Å². The number of nitrogens with zero attached hydrogens (tertiary/aromatic N) is 3. The van der Waals surface area contributed by atoms with Crippen LogP contribution in [-0.4, -0.2) is 102 Å². The van der Waals surface area contributed by atoms with Crippen LogP contribution in [0.1, 0.15) is 54.4 Å². The zero-order valence-electron chi connectivity index (χ0n) is 44.6. The molecule has 19 nitrogen and oxygen atoms in total. The van der Waals surface area contributed by atoms with Gasteiger partial charge >= 0.3 is 18.2 Å². The first kappa shape index (κ1) is 66.0. The third-order valence-corrected chi connectivity index (χ3v) is 15.3. The molecule has 0 bridgehead atoms. The van der Waals surface area contributed by atoms with Crippen molar-refractivity contribution < 1.29 is 40.7 Å². The fourth-order valence-electron chi connectivity index (χ4n) is 8.26. The monoisotopic (exact) mass is 1240 g/mol. The summed E-state index contributed by atoms with van der Waals surface area (Å²) in [6.07, 6.45) is 2.10. The largest absolute Gasteiger partial charge is 0.448 e. The summed E-state index contributed by atoms with van der Waals surface area (Å²) in [6, 6.07) is 53.9. The molecule has 0 unspecified atom stereocenters. The van der Waals surface area contributed by atoms with E-state index in [1.54, 1.807) is 53.4 Å². The lowest BCUT2D eigenvalue weighted by atomic mass is 9.88. The molecule has 0 spiro atoms. The number of sulfonamides is 2. The second-order valence-corrected chi connectivity index (χ2v) is 24.8. The van der Waals surface area contributed by atoms with Crippen molar-refractivity contribution in [1.82, 2.24) is 20.2 Å². The van der Waals surface area contributed by atoms with Crippen LogP contribution >= 0.6 is 45.9 Å². The number of amides is 4. The van der Waals surface area contributed by atoms with E-state index in [4.69, 9.17) is 49.9 Å². The molecule has 0 aliphatic rings. The maximum Gasteiger partial charge on any atom is 0.404 e. The summed E-state index contributed by atoms with van der Waals surface area (Å²) in [5.41, 5.74) is 23.8. The number of benzene rings is 6. The summed E-state index contributed by atoms with van der Waals surface area (Å²) in [4.78, 5) is 45.2. The molecule has 0 fully saturated rings. The van der Waals surface area contributed by atoms with Gasteiger partial charge < -0.3 is 36.9 Å². The number of nitrogen functional groups attached to an aromatic ring is 1. The number of carbonyl (C=O) groups is 3. The van der Waals surface area contributed by atoms with Crippen molar-refractivity contribution in [1.29, 1.82) is 0 Å². The van der Waals surface area contributed by atoms with Gasteiger partial charge in [-0.15, -0.1) is 0 Å². The van der Waals surface area contributed by atoms with Crippen molar-refractivity contribution in [2.45, 2.75) is 32.1 Å². The van der Waals surface area contributed by atoms with Gasteiger partial charge in [-0.2, -0.15) is 0 Å². The Kier molecular flexibility index (Phi) is 26.1. The molecule has 10 N–H and O–H groups in total. The number of carbonyl (C=O) groups excluding carboxylic acids is 3. The third kappa shape index (κ3) is 22.8. The molecule has 0 atom stereocenters. The number of urea groups is 1. The molecule has 2 heterocycles. The summed E-state index contributed by atoms with van der Waals surface area (Å²) in [6.45, 7) is 2.16. The second-order valence-electron chi connectivity index (χ2n) is 18.0. The van der Waals surface area contributed by atoms with Crippen LogP contribution in [0.2, 0.25) is 8.67 Å². The molecule has 0 aliphatic carbocycles. The number of hydrogen-bond donors (Lipinski definition) is 7. The SMILES string of the molecule is C.CS(=O)(=O)Nc1ccc(-c2nc(N)sc2Cl)cc1.CS(=O)(=O)Nc1ccc(-c2nc(NC(=O)N(CCOC(N)=O)CCC(c3ccccc3)c3ccccc3)sc2Cl)cc1.NC(=O)OCCNCCC(c1ccccc1)c1ccccc1. The van der Waals surface area contributed by atoms with Crippen molar-refractivity contribution in [3.8, 4) is 22.5 Å². The van der Waals surface area contributed by atoms with E-state index in [1.807, 2.05) is 48.5 Å². The van der Waals surface area contributed by atoms with Crippen molar-refractivity contribution >= 4 is 106 Å². The van der Waals surface area contributed by atoms with E-state index in [-0.39, 0.29) is 31.6 Å². The fourth-order valence-corrected chi connectivity index (χ4v) is 11.4. The first-order chi connectivity index (χ1) is 39.2. The lowest BCUT2D eigenvalue weighted by Gasteiger charge is -2.25. The Bertz CT molecular complexity index is 3440. The molecule has 0 aliphatic heterocycles. The number of hydrogen-bond acceptors (Lipinski definition) is 15. The first-order valence-corrected chi connectivity index (χ1v) is 31.4. The van der Waals surface area contributed by atoms with Crippen LogP contribution < -0.4 is 37.3 Å². The van der Waals surface area contributed by atoms with E-state index in [0.29, 0.717) is 74.2 Å². The maximum absolute atomic E-state index is 13.4. The molecule has 2 aromatic heterocycles. The Hall–Kier alpha value is -7.77. The average molecular weight is 1250 g/mol. The first-order valence-electron chi connectivity index (χ1n) is 25.3. The van der Waals surface area contributed by atoms with Gasteiger partial charge in [-0.1, -0.05) is 199 Å². The van der Waals surface area contributed by atoms with E-state index in [2.05, 4.69) is 103 Å². The molecular formula is C58H66Cl2N10O9S4. The number of rotatable bonds is 23. The van der Waals surface area contributed by atoms with Gasteiger partial charge in [0, 0.05) is 47.4 Å². The topological polar surface area (TPSA) is 293 Å². The van der Waals surface area contributed by atoms with E-state index in [1.165, 1.54) is 22.5 Å². The van der Waals surface area contributed by atoms with E-state index in [9.17, 15) is 31.2 Å². The molecule has 4 amide bonds. The van der Waals surface area contributed by atoms with Gasteiger partial charge in [-0.3, -0.25) is 14.8 Å². The molecule has 25 heteroatoms. The molecule has 0 saturated heterocycles. The Morgan fingerprint density at radius 1 is 0.554 bits per heavy atom. The van der Waals surface area contributed by atoms with Gasteiger partial charge in [0.2, 0.25) is 20.0 Å². The predicted molar refractivity (Wildman–Crippen MR) is 336 cm³/mol. The normalized spacial score (nSPS) is 11.0. The molecule has 0 saturated carbocycles. The highest BCUT2D eigenvalue weighted by atomic mass is 35.5. The molecular weight excluding hydrogens is 1180 g/mol. The molecule has 6 aromatic carbocycles. The van der Waals surface area contributed by atoms with Crippen LogP contribution in [0.3, 0.4) is 0 Å². The standard InChI is InChI=1S/C29H30ClN5O5S2.C18H22N2O2.C10H10ClN3O2S2.CH4/c1-42(38,39)34-23-14-12-22(13-15-23)25-26(30)41-28(32-25)33-29(37)35(18-19-40-27(31)36)17-16-24(20-8-4-2-5-9-20)21-10-6-3-7-11-21;19-18(21)22-14-13-20-12-11-17(15-7-3-1-4-8-15)16-9-5-2-6-10-16;1-18(15,16)14-7-4-2-6(3-5-7)8-9(11)17-10(12)13-8;/h2-15,24,34H,16-19H2,1H3,(H2,31,36)(H,32,33,37);1-10,17,20H,11-14H2,(H2,19,21);2-5,14H,1H3,(H2,12,13);1H4. The number of halogens is 2. The number of primary amides is 2. The number of aromatic nitrogens is 2. The number of nitrogens with one attached hydrogen (secondary N) is 4. The summed E-state index contributed by atoms with van der Waals surface area (Å²) in [5.74, 6) is 0.382. The Labute approximate surface area is 502 Å². The number of anilines is 4. The van der Waals surface area contributed by atoms with E-state index in [0.717, 1.165) is 53.5 Å². The van der Waals surface area contributed by atoms with Crippen LogP contribution in [0.5, 0.6) is 0 Å². The van der Waals surface area contributed by atoms with Crippen molar-refractivity contribution in [2.24, 2.45) is 11.5 Å². The van der Waals surface area contributed by atoms with E-state index >= 15 is 0 Å². The minimum Gasteiger partial charge on any atom is -0.448 e.